The van der Waals surface area contributed by atoms with Crippen LogP contribution >= 0.6 is 11.3 Å². The Hall–Kier alpha value is -2.11. The first kappa shape index (κ1) is 18.7. The highest BCUT2D eigenvalue weighted by atomic mass is 32.1. The van der Waals surface area contributed by atoms with E-state index in [0.717, 1.165) is 27.5 Å². The predicted octanol–water partition coefficient (Wildman–Crippen LogP) is 6.72. The molecule has 0 spiro atoms. The minimum atomic E-state index is -4.40. The first-order valence-electron chi connectivity index (χ1n) is 8.32. The number of aliphatic hydroxyl groups is 1. The number of hydrogen-bond donors (Lipinski definition) is 1. The number of benzene rings is 2. The van der Waals surface area contributed by atoms with Gasteiger partial charge < -0.3 is 5.11 Å². The van der Waals surface area contributed by atoms with Crippen molar-refractivity contribution >= 4 is 11.3 Å². The zero-order chi connectivity index (χ0) is 18.9. The lowest BCUT2D eigenvalue weighted by Crippen LogP contribution is -2.04. The Bertz CT molecular complexity index is 895. The van der Waals surface area contributed by atoms with Crippen LogP contribution in [0, 0.1) is 0 Å². The fourth-order valence-corrected chi connectivity index (χ4v) is 4.40. The van der Waals surface area contributed by atoms with E-state index >= 15 is 0 Å². The third-order valence-electron chi connectivity index (χ3n) is 4.24. The maximum absolute atomic E-state index is 13.2. The lowest BCUT2D eigenvalue weighted by atomic mass is 9.94. The molecule has 0 saturated carbocycles. The van der Waals surface area contributed by atoms with E-state index in [1.807, 2.05) is 44.2 Å². The number of halogens is 3. The lowest BCUT2D eigenvalue weighted by molar-refractivity contribution is -0.137. The number of hydrogen-bond acceptors (Lipinski definition) is 2. The maximum atomic E-state index is 13.2. The van der Waals surface area contributed by atoms with Gasteiger partial charge in [0.25, 0.3) is 0 Å². The summed E-state index contributed by atoms with van der Waals surface area (Å²) < 4.78 is 39.5. The van der Waals surface area contributed by atoms with Crippen LogP contribution < -0.4 is 0 Å². The van der Waals surface area contributed by atoms with Crippen molar-refractivity contribution < 1.29 is 18.3 Å². The molecule has 5 heteroatoms. The van der Waals surface area contributed by atoms with Crippen molar-refractivity contribution in [1.29, 1.82) is 0 Å². The van der Waals surface area contributed by atoms with E-state index in [1.54, 1.807) is 6.07 Å². The summed E-state index contributed by atoms with van der Waals surface area (Å²) in [4.78, 5) is 1.89. The second kappa shape index (κ2) is 7.25. The molecule has 1 N–H and O–H groups in total. The van der Waals surface area contributed by atoms with E-state index in [0.29, 0.717) is 16.7 Å². The Kier molecular flexibility index (Phi) is 5.21. The fourth-order valence-electron chi connectivity index (χ4n) is 3.06. The largest absolute Gasteiger partial charge is 0.416 e. The molecule has 2 aromatic carbocycles. The molecule has 1 aromatic heterocycles. The third kappa shape index (κ3) is 3.55. The smallest absolute Gasteiger partial charge is 0.392 e. The van der Waals surface area contributed by atoms with Gasteiger partial charge in [0.15, 0.2) is 0 Å². The summed E-state index contributed by atoms with van der Waals surface area (Å²) in [6.45, 7) is 3.84. The maximum Gasteiger partial charge on any atom is 0.416 e. The highest BCUT2D eigenvalue weighted by Crippen LogP contribution is 2.46. The van der Waals surface area contributed by atoms with Gasteiger partial charge in [-0.2, -0.15) is 13.2 Å². The van der Waals surface area contributed by atoms with Crippen LogP contribution in [0.2, 0.25) is 0 Å². The molecular formula is C21H19F3OS. The summed E-state index contributed by atoms with van der Waals surface area (Å²) in [6.07, 6.45) is -4.40. The van der Waals surface area contributed by atoms with Crippen molar-refractivity contribution in [1.82, 2.24) is 0 Å². The average molecular weight is 376 g/mol. The van der Waals surface area contributed by atoms with E-state index in [1.165, 1.54) is 17.4 Å². The van der Waals surface area contributed by atoms with Gasteiger partial charge in [0.2, 0.25) is 0 Å². The van der Waals surface area contributed by atoms with E-state index < -0.39 is 11.7 Å². The summed E-state index contributed by atoms with van der Waals surface area (Å²) in [7, 11) is 0. The van der Waals surface area contributed by atoms with Crippen LogP contribution in [0.25, 0.3) is 21.6 Å². The Labute approximate surface area is 154 Å². The SMILES string of the molecule is CC(C)c1sc(-c2ccccc2)c(-c2cccc(C(F)(F)F)c2)c1CO. The zero-order valence-corrected chi connectivity index (χ0v) is 15.3. The van der Waals surface area contributed by atoms with Gasteiger partial charge in [-0.25, -0.2) is 0 Å². The Balaban J connectivity index is 2.29. The summed E-state index contributed by atoms with van der Waals surface area (Å²) >= 11 is 1.54. The monoisotopic (exact) mass is 376 g/mol. The van der Waals surface area contributed by atoms with Crippen molar-refractivity contribution in [3.8, 4) is 21.6 Å². The lowest BCUT2D eigenvalue weighted by Gasteiger charge is -2.12. The molecule has 0 bridgehead atoms. The summed E-state index contributed by atoms with van der Waals surface area (Å²) in [5.41, 5.74) is 2.13. The Morgan fingerprint density at radius 2 is 1.62 bits per heavy atom. The van der Waals surface area contributed by atoms with Gasteiger partial charge in [-0.15, -0.1) is 11.3 Å². The van der Waals surface area contributed by atoms with Gasteiger partial charge in [-0.1, -0.05) is 56.3 Å². The molecule has 1 heterocycles. The number of alkyl halides is 3. The number of thiophene rings is 1. The van der Waals surface area contributed by atoms with E-state index in [4.69, 9.17) is 0 Å². The van der Waals surface area contributed by atoms with E-state index in [2.05, 4.69) is 0 Å². The molecule has 0 atom stereocenters. The summed E-state index contributed by atoms with van der Waals surface area (Å²) in [6, 6.07) is 14.9. The molecule has 136 valence electrons. The highest BCUT2D eigenvalue weighted by Gasteiger charge is 2.31. The summed E-state index contributed by atoms with van der Waals surface area (Å²) in [5.74, 6) is 0.171. The Morgan fingerprint density at radius 1 is 0.962 bits per heavy atom. The first-order valence-corrected chi connectivity index (χ1v) is 9.14. The normalized spacial score (nSPS) is 12.0. The van der Waals surface area contributed by atoms with Crippen molar-refractivity contribution in [2.75, 3.05) is 0 Å². The van der Waals surface area contributed by atoms with Crippen LogP contribution in [-0.2, 0) is 12.8 Å². The molecule has 0 saturated heterocycles. The molecule has 0 fully saturated rings. The van der Waals surface area contributed by atoms with Crippen molar-refractivity contribution in [3.05, 3.63) is 70.6 Å². The third-order valence-corrected chi connectivity index (χ3v) is 5.82. The molecule has 0 aliphatic heterocycles. The zero-order valence-electron chi connectivity index (χ0n) is 14.5. The Morgan fingerprint density at radius 3 is 2.19 bits per heavy atom. The molecule has 0 unspecified atom stereocenters. The molecule has 0 amide bonds. The van der Waals surface area contributed by atoms with Crippen molar-refractivity contribution in [2.45, 2.75) is 32.5 Å². The van der Waals surface area contributed by atoms with Crippen LogP contribution in [0.3, 0.4) is 0 Å². The predicted molar refractivity (Wildman–Crippen MR) is 100 cm³/mol. The minimum absolute atomic E-state index is 0.171. The highest BCUT2D eigenvalue weighted by molar-refractivity contribution is 7.16. The second-order valence-electron chi connectivity index (χ2n) is 6.41. The van der Waals surface area contributed by atoms with Crippen LogP contribution in [0.15, 0.2) is 54.6 Å². The molecular weight excluding hydrogens is 357 g/mol. The first-order chi connectivity index (χ1) is 12.3. The molecule has 0 aliphatic carbocycles. The van der Waals surface area contributed by atoms with Gasteiger partial charge >= 0.3 is 6.18 Å². The van der Waals surface area contributed by atoms with Crippen LogP contribution in [0.4, 0.5) is 13.2 Å². The van der Waals surface area contributed by atoms with Crippen LogP contribution in [0.1, 0.15) is 35.8 Å². The van der Waals surface area contributed by atoms with Gasteiger partial charge in [0.1, 0.15) is 0 Å². The van der Waals surface area contributed by atoms with Gasteiger partial charge in [0.05, 0.1) is 12.2 Å². The minimum Gasteiger partial charge on any atom is -0.392 e. The van der Waals surface area contributed by atoms with E-state index in [-0.39, 0.29) is 12.5 Å². The molecule has 3 aromatic rings. The average Bonchev–Trinajstić information content (AvgIpc) is 3.01. The van der Waals surface area contributed by atoms with Gasteiger partial charge in [-0.3, -0.25) is 0 Å². The fraction of sp³-hybridized carbons (Fsp3) is 0.238. The topological polar surface area (TPSA) is 20.2 Å². The quantitative estimate of drug-likeness (QED) is 0.536. The van der Waals surface area contributed by atoms with Crippen LogP contribution in [0.5, 0.6) is 0 Å². The number of rotatable bonds is 4. The van der Waals surface area contributed by atoms with E-state index in [9.17, 15) is 18.3 Å². The van der Waals surface area contributed by atoms with Crippen LogP contribution in [-0.4, -0.2) is 5.11 Å². The van der Waals surface area contributed by atoms with Crippen molar-refractivity contribution in [2.24, 2.45) is 0 Å². The number of aliphatic hydroxyl groups excluding tert-OH is 1. The van der Waals surface area contributed by atoms with Gasteiger partial charge in [-0.05, 0) is 29.2 Å². The van der Waals surface area contributed by atoms with Gasteiger partial charge in [0, 0.05) is 20.9 Å². The second-order valence-corrected chi connectivity index (χ2v) is 7.46. The molecule has 0 aliphatic rings. The molecule has 26 heavy (non-hydrogen) atoms. The molecule has 3 rings (SSSR count). The molecule has 0 radical (unpaired) electrons. The summed E-state index contributed by atoms with van der Waals surface area (Å²) in [5, 5.41) is 9.98. The van der Waals surface area contributed by atoms with Crippen molar-refractivity contribution in [3.63, 3.8) is 0 Å². The molecule has 1 nitrogen and oxygen atoms in total. The standard InChI is InChI=1S/C21H19F3OS/c1-13(2)19-17(12-25)18(20(26-19)14-7-4-3-5-8-14)15-9-6-10-16(11-15)21(22,23)24/h3-11,13,25H,12H2,1-2H3.